The van der Waals surface area contributed by atoms with Crippen LogP contribution >= 0.6 is 0 Å². The normalized spacial score (nSPS) is 17.9. The van der Waals surface area contributed by atoms with Gasteiger partial charge in [-0.2, -0.15) is 13.2 Å². The second kappa shape index (κ2) is 6.47. The molecule has 0 amide bonds. The highest BCUT2D eigenvalue weighted by atomic mass is 19.4. The van der Waals surface area contributed by atoms with Crippen molar-refractivity contribution < 1.29 is 23.1 Å². The molecule has 1 N–H and O–H groups in total. The number of rotatable bonds is 4. The smallest absolute Gasteiger partial charge is 0.391 e. The molecule has 0 bridgehead atoms. The van der Waals surface area contributed by atoms with Crippen molar-refractivity contribution in [3.63, 3.8) is 0 Å². The van der Waals surface area contributed by atoms with Crippen LogP contribution in [0.15, 0.2) is 24.3 Å². The number of aliphatic carboxylic acids is 1. The van der Waals surface area contributed by atoms with Gasteiger partial charge in [0, 0.05) is 6.54 Å². The molecule has 1 aromatic rings. The van der Waals surface area contributed by atoms with Gasteiger partial charge < -0.3 is 5.11 Å². The molecular formula is C15H18F3NO2. The zero-order valence-corrected chi connectivity index (χ0v) is 11.6. The molecule has 0 atom stereocenters. The van der Waals surface area contributed by atoms with Crippen LogP contribution in [0.5, 0.6) is 0 Å². The van der Waals surface area contributed by atoms with E-state index in [0.29, 0.717) is 19.6 Å². The maximum atomic E-state index is 12.6. The van der Waals surface area contributed by atoms with E-state index < -0.39 is 18.1 Å². The minimum Gasteiger partial charge on any atom is -0.481 e. The summed E-state index contributed by atoms with van der Waals surface area (Å²) in [5.41, 5.74) is 1.60. The summed E-state index contributed by atoms with van der Waals surface area (Å²) in [6.45, 7) is 1.30. The predicted octanol–water partition coefficient (Wildman–Crippen LogP) is 3.09. The molecule has 1 aliphatic heterocycles. The Labute approximate surface area is 121 Å². The molecule has 0 spiro atoms. The third-order valence-electron chi connectivity index (χ3n) is 3.90. The molecule has 0 unspecified atom stereocenters. The quantitative estimate of drug-likeness (QED) is 0.929. The molecule has 1 fully saturated rings. The summed E-state index contributed by atoms with van der Waals surface area (Å²) in [5.74, 6) is -2.11. The van der Waals surface area contributed by atoms with E-state index in [0.717, 1.165) is 11.1 Å². The van der Waals surface area contributed by atoms with Crippen LogP contribution in [-0.2, 0) is 17.8 Å². The average Bonchev–Trinajstić information content (AvgIpc) is 2.40. The van der Waals surface area contributed by atoms with E-state index in [1.54, 1.807) is 12.1 Å². The number of carboxylic acids is 1. The molecule has 1 aromatic carbocycles. The second-order valence-electron chi connectivity index (χ2n) is 5.43. The van der Waals surface area contributed by atoms with E-state index in [9.17, 15) is 18.0 Å². The molecule has 1 saturated heterocycles. The molecule has 21 heavy (non-hydrogen) atoms. The van der Waals surface area contributed by atoms with Crippen molar-refractivity contribution in [1.29, 1.82) is 0 Å². The standard InChI is InChI=1S/C15H18F3NO2/c16-15(17,18)13-5-7-19(8-6-13)10-12-4-2-1-3-11(12)9-14(20)21/h1-4,13H,5-10H2,(H,20,21). The van der Waals surface area contributed by atoms with Gasteiger partial charge in [0.05, 0.1) is 12.3 Å². The van der Waals surface area contributed by atoms with Gasteiger partial charge in [-0.15, -0.1) is 0 Å². The molecule has 1 aliphatic rings. The topological polar surface area (TPSA) is 40.5 Å². The van der Waals surface area contributed by atoms with Crippen LogP contribution in [0.4, 0.5) is 13.2 Å². The molecular weight excluding hydrogens is 283 g/mol. The third-order valence-corrected chi connectivity index (χ3v) is 3.90. The summed E-state index contributed by atoms with van der Waals surface area (Å²) in [6.07, 6.45) is -3.93. The van der Waals surface area contributed by atoms with Gasteiger partial charge in [-0.3, -0.25) is 9.69 Å². The molecule has 116 valence electrons. The van der Waals surface area contributed by atoms with E-state index in [1.807, 2.05) is 17.0 Å². The Bertz CT molecular complexity index is 494. The monoisotopic (exact) mass is 301 g/mol. The summed E-state index contributed by atoms with van der Waals surface area (Å²) < 4.78 is 37.9. The Balaban J connectivity index is 1.96. The molecule has 3 nitrogen and oxygen atoms in total. The number of alkyl halides is 3. The molecule has 0 aromatic heterocycles. The zero-order valence-electron chi connectivity index (χ0n) is 11.6. The number of carboxylic acid groups (broad SMARTS) is 1. The highest BCUT2D eigenvalue weighted by molar-refractivity contribution is 5.70. The summed E-state index contributed by atoms with van der Waals surface area (Å²) in [6, 6.07) is 7.20. The fourth-order valence-corrected chi connectivity index (χ4v) is 2.71. The first kappa shape index (κ1) is 15.8. The van der Waals surface area contributed by atoms with Crippen molar-refractivity contribution in [3.8, 4) is 0 Å². The minimum absolute atomic E-state index is 0.0603. The van der Waals surface area contributed by atoms with Crippen molar-refractivity contribution in [2.45, 2.75) is 32.0 Å². The lowest BCUT2D eigenvalue weighted by Gasteiger charge is -2.33. The van der Waals surface area contributed by atoms with Crippen molar-refractivity contribution in [2.75, 3.05) is 13.1 Å². The first-order valence-corrected chi connectivity index (χ1v) is 6.94. The Kier molecular flexibility index (Phi) is 4.88. The van der Waals surface area contributed by atoms with Crippen molar-refractivity contribution in [1.82, 2.24) is 4.90 Å². The second-order valence-corrected chi connectivity index (χ2v) is 5.43. The van der Waals surface area contributed by atoms with Gasteiger partial charge in [-0.05, 0) is 37.1 Å². The predicted molar refractivity (Wildman–Crippen MR) is 71.8 cm³/mol. The van der Waals surface area contributed by atoms with E-state index in [1.165, 1.54) is 0 Å². The highest BCUT2D eigenvalue weighted by Gasteiger charge is 2.40. The van der Waals surface area contributed by atoms with Crippen molar-refractivity contribution >= 4 is 5.97 Å². The van der Waals surface area contributed by atoms with Crippen molar-refractivity contribution in [2.24, 2.45) is 5.92 Å². The third kappa shape index (κ3) is 4.46. The van der Waals surface area contributed by atoms with E-state index in [4.69, 9.17) is 5.11 Å². The number of piperidine rings is 1. The van der Waals surface area contributed by atoms with Crippen LogP contribution in [0.1, 0.15) is 24.0 Å². The lowest BCUT2D eigenvalue weighted by molar-refractivity contribution is -0.185. The van der Waals surface area contributed by atoms with Gasteiger partial charge in [0.25, 0.3) is 0 Å². The summed E-state index contributed by atoms with van der Waals surface area (Å²) >= 11 is 0. The molecule has 0 saturated carbocycles. The summed E-state index contributed by atoms with van der Waals surface area (Å²) in [4.78, 5) is 12.8. The number of hydrogen-bond donors (Lipinski definition) is 1. The molecule has 6 heteroatoms. The van der Waals surface area contributed by atoms with E-state index in [-0.39, 0.29) is 19.3 Å². The lowest BCUT2D eigenvalue weighted by Crippen LogP contribution is -2.38. The SMILES string of the molecule is O=C(O)Cc1ccccc1CN1CCC(C(F)(F)F)CC1. The number of likely N-dealkylation sites (tertiary alicyclic amines) is 1. The highest BCUT2D eigenvalue weighted by Crippen LogP contribution is 2.34. The Hall–Kier alpha value is -1.56. The number of nitrogens with zero attached hydrogens (tertiary/aromatic N) is 1. The number of halogens is 3. The lowest BCUT2D eigenvalue weighted by atomic mass is 9.95. The largest absolute Gasteiger partial charge is 0.481 e. The van der Waals surface area contributed by atoms with Crippen LogP contribution in [0.2, 0.25) is 0 Å². The fraction of sp³-hybridized carbons (Fsp3) is 0.533. The number of carbonyl (C=O) groups is 1. The molecule has 0 radical (unpaired) electrons. The van der Waals surface area contributed by atoms with Gasteiger partial charge >= 0.3 is 12.1 Å². The Morgan fingerprint density at radius 1 is 1.19 bits per heavy atom. The number of benzene rings is 1. The minimum atomic E-state index is -4.10. The van der Waals surface area contributed by atoms with Crippen LogP contribution in [-0.4, -0.2) is 35.2 Å². The molecule has 1 heterocycles. The van der Waals surface area contributed by atoms with E-state index in [2.05, 4.69) is 0 Å². The zero-order chi connectivity index (χ0) is 15.5. The van der Waals surface area contributed by atoms with Gasteiger partial charge in [-0.1, -0.05) is 24.3 Å². The Morgan fingerprint density at radius 2 is 1.76 bits per heavy atom. The first-order chi connectivity index (χ1) is 9.86. The fourth-order valence-electron chi connectivity index (χ4n) is 2.71. The van der Waals surface area contributed by atoms with Crippen LogP contribution in [0.25, 0.3) is 0 Å². The van der Waals surface area contributed by atoms with Crippen LogP contribution < -0.4 is 0 Å². The molecule has 2 rings (SSSR count). The van der Waals surface area contributed by atoms with E-state index >= 15 is 0 Å². The van der Waals surface area contributed by atoms with Gasteiger partial charge in [0.15, 0.2) is 0 Å². The summed E-state index contributed by atoms with van der Waals surface area (Å²) in [7, 11) is 0. The van der Waals surface area contributed by atoms with Gasteiger partial charge in [0.1, 0.15) is 0 Å². The summed E-state index contributed by atoms with van der Waals surface area (Å²) in [5, 5.41) is 8.88. The van der Waals surface area contributed by atoms with Gasteiger partial charge in [0.2, 0.25) is 0 Å². The average molecular weight is 301 g/mol. The first-order valence-electron chi connectivity index (χ1n) is 6.94. The number of hydrogen-bond acceptors (Lipinski definition) is 2. The van der Waals surface area contributed by atoms with Crippen LogP contribution in [0.3, 0.4) is 0 Å². The maximum Gasteiger partial charge on any atom is 0.391 e. The molecule has 0 aliphatic carbocycles. The van der Waals surface area contributed by atoms with Crippen molar-refractivity contribution in [3.05, 3.63) is 35.4 Å². The van der Waals surface area contributed by atoms with Crippen LogP contribution in [0, 0.1) is 5.92 Å². The van der Waals surface area contributed by atoms with Gasteiger partial charge in [-0.25, -0.2) is 0 Å². The maximum absolute atomic E-state index is 12.6. The Morgan fingerprint density at radius 3 is 2.29 bits per heavy atom.